The van der Waals surface area contributed by atoms with E-state index in [1.54, 1.807) is 42.5 Å². The lowest BCUT2D eigenvalue weighted by Gasteiger charge is -2.19. The SMILES string of the molecule is COC(=O)C(c1ccccc1OC)n1c(=O)n(C(=O)O)c2ccccc21. The van der Waals surface area contributed by atoms with E-state index in [2.05, 4.69) is 0 Å². The molecule has 134 valence electrons. The summed E-state index contributed by atoms with van der Waals surface area (Å²) in [4.78, 5) is 37.0. The molecule has 0 radical (unpaired) electrons. The van der Waals surface area contributed by atoms with E-state index in [1.807, 2.05) is 0 Å². The number of carbonyl (C=O) groups is 2. The number of hydrogen-bond donors (Lipinski definition) is 1. The largest absolute Gasteiger partial charge is 0.496 e. The predicted octanol–water partition coefficient (Wildman–Crippen LogP) is 2.10. The van der Waals surface area contributed by atoms with E-state index in [0.717, 1.165) is 4.57 Å². The first-order valence-corrected chi connectivity index (χ1v) is 7.67. The van der Waals surface area contributed by atoms with E-state index in [0.29, 0.717) is 21.4 Å². The highest BCUT2D eigenvalue weighted by molar-refractivity contribution is 5.88. The van der Waals surface area contributed by atoms with Crippen LogP contribution >= 0.6 is 0 Å². The molecule has 8 heteroatoms. The van der Waals surface area contributed by atoms with Gasteiger partial charge in [-0.3, -0.25) is 4.57 Å². The number of benzene rings is 2. The summed E-state index contributed by atoms with van der Waals surface area (Å²) >= 11 is 0. The van der Waals surface area contributed by atoms with Crippen molar-refractivity contribution in [1.82, 2.24) is 9.13 Å². The quantitative estimate of drug-likeness (QED) is 0.719. The van der Waals surface area contributed by atoms with Crippen LogP contribution in [-0.4, -0.2) is 40.5 Å². The molecule has 1 atom stereocenters. The van der Waals surface area contributed by atoms with Crippen molar-refractivity contribution >= 4 is 23.1 Å². The Morgan fingerprint density at radius 1 is 1.00 bits per heavy atom. The molecule has 0 saturated heterocycles. The van der Waals surface area contributed by atoms with Crippen molar-refractivity contribution in [3.63, 3.8) is 0 Å². The molecule has 0 spiro atoms. The van der Waals surface area contributed by atoms with Gasteiger partial charge in [-0.25, -0.2) is 14.4 Å². The highest BCUT2D eigenvalue weighted by Crippen LogP contribution is 2.30. The molecule has 8 nitrogen and oxygen atoms in total. The van der Waals surface area contributed by atoms with Crippen LogP contribution in [0.3, 0.4) is 0 Å². The molecule has 0 bridgehead atoms. The number of carbonyl (C=O) groups excluding carboxylic acids is 1. The third-order valence-electron chi connectivity index (χ3n) is 4.09. The lowest BCUT2D eigenvalue weighted by Crippen LogP contribution is -2.34. The van der Waals surface area contributed by atoms with Gasteiger partial charge in [-0.15, -0.1) is 0 Å². The Hall–Kier alpha value is -3.55. The molecule has 2 aromatic carbocycles. The zero-order valence-corrected chi connectivity index (χ0v) is 14.1. The Bertz CT molecular complexity index is 1050. The first kappa shape index (κ1) is 17.3. The molecular weight excluding hydrogens is 340 g/mol. The maximum absolute atomic E-state index is 12.9. The van der Waals surface area contributed by atoms with E-state index >= 15 is 0 Å². The summed E-state index contributed by atoms with van der Waals surface area (Å²) in [6.07, 6.45) is -1.44. The Labute approximate surface area is 147 Å². The molecule has 0 aliphatic rings. The monoisotopic (exact) mass is 356 g/mol. The van der Waals surface area contributed by atoms with Crippen molar-refractivity contribution in [3.8, 4) is 5.75 Å². The average molecular weight is 356 g/mol. The number of ether oxygens (including phenoxy) is 2. The maximum Gasteiger partial charge on any atom is 0.420 e. The second-order valence-electron chi connectivity index (χ2n) is 5.43. The van der Waals surface area contributed by atoms with Crippen LogP contribution < -0.4 is 10.4 Å². The number of nitrogens with zero attached hydrogens (tertiary/aromatic N) is 2. The number of esters is 1. The molecule has 1 heterocycles. The number of fused-ring (bicyclic) bond motifs is 1. The van der Waals surface area contributed by atoms with Crippen molar-refractivity contribution in [3.05, 3.63) is 64.6 Å². The van der Waals surface area contributed by atoms with Gasteiger partial charge in [0.1, 0.15) is 5.75 Å². The van der Waals surface area contributed by atoms with Gasteiger partial charge in [0.05, 0.1) is 25.3 Å². The number of para-hydroxylation sites is 3. The van der Waals surface area contributed by atoms with Crippen molar-refractivity contribution in [2.24, 2.45) is 0 Å². The first-order valence-electron chi connectivity index (χ1n) is 7.67. The zero-order valence-electron chi connectivity index (χ0n) is 14.1. The van der Waals surface area contributed by atoms with Gasteiger partial charge >= 0.3 is 17.8 Å². The van der Waals surface area contributed by atoms with Crippen LogP contribution in [0.25, 0.3) is 11.0 Å². The van der Waals surface area contributed by atoms with Crippen LogP contribution in [0.15, 0.2) is 53.3 Å². The molecule has 3 aromatic rings. The zero-order chi connectivity index (χ0) is 18.8. The van der Waals surface area contributed by atoms with Crippen molar-refractivity contribution in [2.45, 2.75) is 6.04 Å². The molecule has 1 N–H and O–H groups in total. The molecular formula is C18H16N2O6. The summed E-state index contributed by atoms with van der Waals surface area (Å²) in [5.74, 6) is -0.341. The van der Waals surface area contributed by atoms with Crippen LogP contribution in [0.5, 0.6) is 5.75 Å². The second-order valence-corrected chi connectivity index (χ2v) is 5.43. The smallest absolute Gasteiger partial charge is 0.420 e. The molecule has 3 rings (SSSR count). The standard InChI is InChI=1S/C18H16N2O6/c1-25-14-10-6-3-7-11(14)15(16(21)26-2)19-12-8-4-5-9-13(12)20(17(19)22)18(23)24/h3-10,15H,1-2H3,(H,23,24). The fourth-order valence-electron chi connectivity index (χ4n) is 2.98. The minimum Gasteiger partial charge on any atom is -0.496 e. The number of aromatic nitrogens is 2. The highest BCUT2D eigenvalue weighted by Gasteiger charge is 2.32. The molecule has 1 unspecified atom stereocenters. The van der Waals surface area contributed by atoms with Gasteiger partial charge in [0.15, 0.2) is 6.04 Å². The van der Waals surface area contributed by atoms with Gasteiger partial charge in [0, 0.05) is 5.56 Å². The second kappa shape index (κ2) is 6.75. The van der Waals surface area contributed by atoms with Crippen molar-refractivity contribution in [2.75, 3.05) is 14.2 Å². The molecule has 0 aliphatic heterocycles. The molecule has 1 aromatic heterocycles. The summed E-state index contributed by atoms with van der Waals surface area (Å²) in [6.45, 7) is 0. The van der Waals surface area contributed by atoms with Crippen LogP contribution in [-0.2, 0) is 9.53 Å². The van der Waals surface area contributed by atoms with Gasteiger partial charge in [-0.05, 0) is 18.2 Å². The fourth-order valence-corrected chi connectivity index (χ4v) is 2.98. The Balaban J connectivity index is 2.40. The number of rotatable bonds is 4. The minimum absolute atomic E-state index is 0.175. The Morgan fingerprint density at radius 3 is 2.23 bits per heavy atom. The summed E-state index contributed by atoms with van der Waals surface area (Å²) < 4.78 is 11.9. The van der Waals surface area contributed by atoms with E-state index in [-0.39, 0.29) is 5.52 Å². The number of hydrogen-bond acceptors (Lipinski definition) is 5. The number of methoxy groups -OCH3 is 2. The van der Waals surface area contributed by atoms with E-state index in [1.165, 1.54) is 20.3 Å². The maximum atomic E-state index is 12.9. The normalized spacial score (nSPS) is 11.9. The molecule has 0 fully saturated rings. The third-order valence-corrected chi connectivity index (χ3v) is 4.09. The topological polar surface area (TPSA) is 99.8 Å². The van der Waals surface area contributed by atoms with Gasteiger partial charge in [0.2, 0.25) is 0 Å². The van der Waals surface area contributed by atoms with Gasteiger partial charge in [0.25, 0.3) is 0 Å². The van der Waals surface area contributed by atoms with Gasteiger partial charge in [-0.1, -0.05) is 30.3 Å². The Kier molecular flexibility index (Phi) is 4.49. The van der Waals surface area contributed by atoms with E-state index in [4.69, 9.17) is 9.47 Å². The summed E-state index contributed by atoms with van der Waals surface area (Å²) in [5.41, 5.74) is -0.00717. The number of carboxylic acid groups (broad SMARTS) is 1. The minimum atomic E-state index is -1.44. The van der Waals surface area contributed by atoms with Gasteiger partial charge < -0.3 is 14.6 Å². The Morgan fingerprint density at radius 2 is 1.62 bits per heavy atom. The molecule has 0 saturated carbocycles. The predicted molar refractivity (Wildman–Crippen MR) is 92.8 cm³/mol. The highest BCUT2D eigenvalue weighted by atomic mass is 16.5. The van der Waals surface area contributed by atoms with Crippen molar-refractivity contribution in [1.29, 1.82) is 0 Å². The van der Waals surface area contributed by atoms with Crippen molar-refractivity contribution < 1.29 is 24.2 Å². The van der Waals surface area contributed by atoms with Crippen LogP contribution in [0.4, 0.5) is 4.79 Å². The molecule has 0 amide bonds. The lowest BCUT2D eigenvalue weighted by atomic mass is 10.1. The summed E-state index contributed by atoms with van der Waals surface area (Å²) in [7, 11) is 2.64. The summed E-state index contributed by atoms with van der Waals surface area (Å²) in [5, 5.41) is 9.43. The van der Waals surface area contributed by atoms with Gasteiger partial charge in [-0.2, -0.15) is 4.57 Å². The molecule has 0 aliphatic carbocycles. The van der Waals surface area contributed by atoms with Crippen LogP contribution in [0.1, 0.15) is 11.6 Å². The van der Waals surface area contributed by atoms with Crippen LogP contribution in [0.2, 0.25) is 0 Å². The van der Waals surface area contributed by atoms with E-state index in [9.17, 15) is 19.5 Å². The number of imidazole rings is 1. The van der Waals surface area contributed by atoms with Crippen LogP contribution in [0, 0.1) is 0 Å². The fraction of sp³-hybridized carbons (Fsp3) is 0.167. The lowest BCUT2D eigenvalue weighted by molar-refractivity contribution is -0.143. The third kappa shape index (κ3) is 2.61. The first-order chi connectivity index (χ1) is 12.5. The molecule has 26 heavy (non-hydrogen) atoms. The van der Waals surface area contributed by atoms with E-state index < -0.39 is 23.8 Å². The summed E-state index contributed by atoms with van der Waals surface area (Å²) in [6, 6.07) is 11.8. The average Bonchev–Trinajstić information content (AvgIpc) is 2.94.